The molecule has 1 aromatic carbocycles. The number of nitrogens with zero attached hydrogens (tertiary/aromatic N) is 2. The first kappa shape index (κ1) is 16.1. The molecule has 1 aliphatic heterocycles. The number of aromatic amines is 1. The summed E-state index contributed by atoms with van der Waals surface area (Å²) in [5, 5.41) is 12.1. The third-order valence-corrected chi connectivity index (χ3v) is 3.92. The zero-order valence-corrected chi connectivity index (χ0v) is 13.6. The minimum Gasteiger partial charge on any atom is -0.489 e. The number of nitrogens with one attached hydrogen (secondary N) is 2. The first-order valence-electron chi connectivity index (χ1n) is 7.32. The molecule has 0 unspecified atom stereocenters. The van der Waals surface area contributed by atoms with Crippen molar-refractivity contribution in [2.45, 2.75) is 13.3 Å². The number of fused-ring (bicyclic) bond motifs is 1. The second-order valence-electron chi connectivity index (χ2n) is 5.13. The Morgan fingerprint density at radius 1 is 1.50 bits per heavy atom. The lowest BCUT2D eigenvalue weighted by Gasteiger charge is -2.27. The SMILES string of the molecule is CCc1[nH]c(C(=O)Nc2ccc3c(c2)OCCN3C(=O)O)nc1Cl. The number of rotatable bonds is 3. The van der Waals surface area contributed by atoms with Crippen LogP contribution in [0.15, 0.2) is 18.2 Å². The van der Waals surface area contributed by atoms with E-state index in [1.54, 1.807) is 18.2 Å². The van der Waals surface area contributed by atoms with Gasteiger partial charge < -0.3 is 20.1 Å². The van der Waals surface area contributed by atoms with Crippen LogP contribution in [-0.2, 0) is 6.42 Å². The van der Waals surface area contributed by atoms with Gasteiger partial charge in [0.25, 0.3) is 5.91 Å². The molecule has 1 aromatic heterocycles. The molecule has 0 radical (unpaired) electrons. The highest BCUT2D eigenvalue weighted by atomic mass is 35.5. The van der Waals surface area contributed by atoms with Crippen LogP contribution in [0.3, 0.4) is 0 Å². The summed E-state index contributed by atoms with van der Waals surface area (Å²) < 4.78 is 5.47. The molecule has 8 nitrogen and oxygen atoms in total. The van der Waals surface area contributed by atoms with E-state index in [2.05, 4.69) is 15.3 Å². The summed E-state index contributed by atoms with van der Waals surface area (Å²) in [5.74, 6) is 0.0678. The highest BCUT2D eigenvalue weighted by Crippen LogP contribution is 2.34. The molecule has 2 amide bonds. The van der Waals surface area contributed by atoms with E-state index in [9.17, 15) is 14.7 Å². The molecule has 0 saturated carbocycles. The van der Waals surface area contributed by atoms with E-state index in [0.717, 1.165) is 0 Å². The second kappa shape index (κ2) is 6.40. The first-order valence-corrected chi connectivity index (χ1v) is 7.70. The van der Waals surface area contributed by atoms with Crippen LogP contribution < -0.4 is 15.0 Å². The number of benzene rings is 1. The Morgan fingerprint density at radius 2 is 2.29 bits per heavy atom. The average Bonchev–Trinajstić information content (AvgIpc) is 2.95. The van der Waals surface area contributed by atoms with E-state index in [0.29, 0.717) is 29.2 Å². The standard InChI is InChI=1S/C15H15ClN4O4/c1-2-9-12(16)19-13(18-9)14(21)17-8-3-4-10-11(7-8)24-6-5-20(10)15(22)23/h3-4,7H,2,5-6H2,1H3,(H,17,21)(H,18,19)(H,22,23). The number of carbonyl (C=O) groups is 2. The summed E-state index contributed by atoms with van der Waals surface area (Å²) in [5.41, 5.74) is 1.60. The molecule has 3 rings (SSSR count). The summed E-state index contributed by atoms with van der Waals surface area (Å²) in [6, 6.07) is 4.77. The van der Waals surface area contributed by atoms with Gasteiger partial charge in [0, 0.05) is 11.8 Å². The number of aryl methyl sites for hydroxylation is 1. The molecule has 2 heterocycles. The quantitative estimate of drug-likeness (QED) is 0.788. The van der Waals surface area contributed by atoms with E-state index in [1.807, 2.05) is 6.92 Å². The van der Waals surface area contributed by atoms with Gasteiger partial charge in [0.1, 0.15) is 12.4 Å². The van der Waals surface area contributed by atoms with Crippen LogP contribution in [0.2, 0.25) is 5.15 Å². The topological polar surface area (TPSA) is 108 Å². The second-order valence-corrected chi connectivity index (χ2v) is 5.49. The maximum absolute atomic E-state index is 12.2. The fourth-order valence-corrected chi connectivity index (χ4v) is 2.68. The minimum atomic E-state index is -1.05. The number of halogens is 1. The van der Waals surface area contributed by atoms with Crippen molar-refractivity contribution >= 4 is 35.0 Å². The monoisotopic (exact) mass is 350 g/mol. The number of hydrogen-bond acceptors (Lipinski definition) is 4. The lowest BCUT2D eigenvalue weighted by atomic mass is 10.2. The van der Waals surface area contributed by atoms with Gasteiger partial charge in [0.05, 0.1) is 17.9 Å². The normalized spacial score (nSPS) is 13.2. The summed E-state index contributed by atoms with van der Waals surface area (Å²) in [4.78, 5) is 31.5. The third-order valence-electron chi connectivity index (χ3n) is 3.61. The third kappa shape index (κ3) is 3.00. The first-order chi connectivity index (χ1) is 11.5. The lowest BCUT2D eigenvalue weighted by Crippen LogP contribution is -2.36. The number of hydrogen-bond donors (Lipinski definition) is 3. The fraction of sp³-hybridized carbons (Fsp3) is 0.267. The van der Waals surface area contributed by atoms with Crippen molar-refractivity contribution in [3.8, 4) is 5.75 Å². The summed E-state index contributed by atoms with van der Waals surface area (Å²) in [6.07, 6.45) is -0.412. The van der Waals surface area contributed by atoms with Gasteiger partial charge in [-0.1, -0.05) is 18.5 Å². The van der Waals surface area contributed by atoms with E-state index in [1.165, 1.54) is 4.90 Å². The van der Waals surface area contributed by atoms with Crippen LogP contribution >= 0.6 is 11.6 Å². The van der Waals surface area contributed by atoms with Gasteiger partial charge in [-0.15, -0.1) is 0 Å². The molecule has 2 aromatic rings. The Bertz CT molecular complexity index is 805. The Hall–Kier alpha value is -2.74. The number of imidazole rings is 1. The van der Waals surface area contributed by atoms with E-state index in [4.69, 9.17) is 16.3 Å². The molecule has 126 valence electrons. The molecule has 3 N–H and O–H groups in total. The molecule has 0 saturated heterocycles. The molecule has 0 spiro atoms. The van der Waals surface area contributed by atoms with Gasteiger partial charge in [0.15, 0.2) is 11.0 Å². The number of anilines is 2. The Morgan fingerprint density at radius 3 is 2.96 bits per heavy atom. The number of carboxylic acid groups (broad SMARTS) is 1. The Labute approximate surface area is 142 Å². The zero-order valence-electron chi connectivity index (χ0n) is 12.8. The molecule has 0 bridgehead atoms. The zero-order chi connectivity index (χ0) is 17.3. The average molecular weight is 351 g/mol. The molecule has 0 aliphatic carbocycles. The molecule has 1 aliphatic rings. The molecular formula is C15H15ClN4O4. The smallest absolute Gasteiger partial charge is 0.412 e. The predicted molar refractivity (Wildman–Crippen MR) is 88.2 cm³/mol. The molecule has 0 fully saturated rings. The van der Waals surface area contributed by atoms with Gasteiger partial charge in [0.2, 0.25) is 0 Å². The van der Waals surface area contributed by atoms with Gasteiger partial charge in [-0.25, -0.2) is 9.78 Å². The van der Waals surface area contributed by atoms with Crippen molar-refractivity contribution in [2.24, 2.45) is 0 Å². The molecule has 24 heavy (non-hydrogen) atoms. The van der Waals surface area contributed by atoms with Crippen LogP contribution in [0, 0.1) is 0 Å². The minimum absolute atomic E-state index is 0.114. The molecule has 0 atom stereocenters. The highest BCUT2D eigenvalue weighted by Gasteiger charge is 2.24. The van der Waals surface area contributed by atoms with Crippen molar-refractivity contribution in [1.29, 1.82) is 0 Å². The maximum atomic E-state index is 12.2. The van der Waals surface area contributed by atoms with Crippen molar-refractivity contribution in [3.05, 3.63) is 34.9 Å². The van der Waals surface area contributed by atoms with Crippen molar-refractivity contribution in [2.75, 3.05) is 23.4 Å². The van der Waals surface area contributed by atoms with E-state index < -0.39 is 12.0 Å². The Kier molecular flexibility index (Phi) is 4.30. The maximum Gasteiger partial charge on any atom is 0.412 e. The van der Waals surface area contributed by atoms with Crippen LogP contribution in [0.1, 0.15) is 23.2 Å². The van der Waals surface area contributed by atoms with Gasteiger partial charge >= 0.3 is 6.09 Å². The van der Waals surface area contributed by atoms with Crippen LogP contribution in [0.4, 0.5) is 16.2 Å². The summed E-state index contributed by atoms with van der Waals surface area (Å²) >= 11 is 5.93. The van der Waals surface area contributed by atoms with Crippen LogP contribution in [0.5, 0.6) is 5.75 Å². The van der Waals surface area contributed by atoms with Gasteiger partial charge in [-0.3, -0.25) is 9.69 Å². The van der Waals surface area contributed by atoms with Crippen LogP contribution in [-0.4, -0.2) is 40.2 Å². The predicted octanol–water partition coefficient (Wildman–Crippen LogP) is 2.75. The van der Waals surface area contributed by atoms with Crippen LogP contribution in [0.25, 0.3) is 0 Å². The van der Waals surface area contributed by atoms with E-state index >= 15 is 0 Å². The highest BCUT2D eigenvalue weighted by molar-refractivity contribution is 6.30. The molecule has 9 heteroatoms. The summed E-state index contributed by atoms with van der Waals surface area (Å²) in [6.45, 7) is 2.42. The lowest BCUT2D eigenvalue weighted by molar-refractivity contribution is 0.101. The summed E-state index contributed by atoms with van der Waals surface area (Å²) in [7, 11) is 0. The van der Waals surface area contributed by atoms with Gasteiger partial charge in [-0.05, 0) is 18.6 Å². The van der Waals surface area contributed by atoms with E-state index in [-0.39, 0.29) is 24.1 Å². The number of carbonyl (C=O) groups excluding carboxylic acids is 1. The number of amides is 2. The molecular weight excluding hydrogens is 336 g/mol. The van der Waals surface area contributed by atoms with Gasteiger partial charge in [-0.2, -0.15) is 0 Å². The number of H-pyrrole nitrogens is 1. The van der Waals surface area contributed by atoms with Crippen molar-refractivity contribution < 1.29 is 19.4 Å². The fourth-order valence-electron chi connectivity index (χ4n) is 2.42. The van der Waals surface area contributed by atoms with Crippen molar-refractivity contribution in [1.82, 2.24) is 9.97 Å². The number of aromatic nitrogens is 2. The largest absolute Gasteiger partial charge is 0.489 e. The Balaban J connectivity index is 1.81. The number of ether oxygens (including phenoxy) is 1. The van der Waals surface area contributed by atoms with Crippen molar-refractivity contribution in [3.63, 3.8) is 0 Å².